The molecule has 0 aliphatic carbocycles. The second-order valence-corrected chi connectivity index (χ2v) is 5.28. The number of hydrogen-bond donors (Lipinski definition) is 2. The maximum atomic E-state index is 10.0. The standard InChI is InChI=1S/C16H27NO4/c1-5-16(2,18)12-21-15-7-6-14(20-4)10-13(15)11-17-8-9-19-3/h6-7,10,17-18H,5,8-9,11-12H2,1-4H3. The second-order valence-electron chi connectivity index (χ2n) is 5.28. The zero-order valence-corrected chi connectivity index (χ0v) is 13.4. The number of nitrogens with one attached hydrogen (secondary N) is 1. The molecule has 0 heterocycles. The molecule has 21 heavy (non-hydrogen) atoms. The number of rotatable bonds is 10. The minimum absolute atomic E-state index is 0.265. The largest absolute Gasteiger partial charge is 0.497 e. The molecule has 0 aromatic heterocycles. The van der Waals surface area contributed by atoms with E-state index in [-0.39, 0.29) is 6.61 Å². The summed E-state index contributed by atoms with van der Waals surface area (Å²) in [6.07, 6.45) is 0.643. The molecule has 5 nitrogen and oxygen atoms in total. The van der Waals surface area contributed by atoms with Crippen molar-refractivity contribution in [2.24, 2.45) is 0 Å². The lowest BCUT2D eigenvalue weighted by molar-refractivity contribution is 0.00814. The third-order valence-corrected chi connectivity index (χ3v) is 3.37. The van der Waals surface area contributed by atoms with Crippen LogP contribution in [0, 0.1) is 0 Å². The van der Waals surface area contributed by atoms with Crippen LogP contribution in [-0.4, -0.2) is 44.7 Å². The molecular weight excluding hydrogens is 270 g/mol. The van der Waals surface area contributed by atoms with Gasteiger partial charge in [0.15, 0.2) is 0 Å². The lowest BCUT2D eigenvalue weighted by atomic mass is 10.1. The number of benzene rings is 1. The molecule has 5 heteroatoms. The Bertz CT molecular complexity index is 421. The van der Waals surface area contributed by atoms with Crippen LogP contribution in [0.2, 0.25) is 0 Å². The van der Waals surface area contributed by atoms with Gasteiger partial charge in [-0.3, -0.25) is 0 Å². The fourth-order valence-electron chi connectivity index (χ4n) is 1.69. The van der Waals surface area contributed by atoms with Crippen LogP contribution in [0.3, 0.4) is 0 Å². The fraction of sp³-hybridized carbons (Fsp3) is 0.625. The molecule has 0 saturated carbocycles. The molecule has 2 N–H and O–H groups in total. The quantitative estimate of drug-likeness (QED) is 0.647. The van der Waals surface area contributed by atoms with Crippen molar-refractivity contribution in [1.29, 1.82) is 0 Å². The smallest absolute Gasteiger partial charge is 0.124 e. The van der Waals surface area contributed by atoms with E-state index in [0.717, 1.165) is 23.6 Å². The summed E-state index contributed by atoms with van der Waals surface area (Å²) < 4.78 is 16.0. The Morgan fingerprint density at radius 3 is 2.67 bits per heavy atom. The van der Waals surface area contributed by atoms with Gasteiger partial charge in [-0.2, -0.15) is 0 Å². The first-order valence-corrected chi connectivity index (χ1v) is 7.24. The van der Waals surface area contributed by atoms with E-state index in [1.165, 1.54) is 0 Å². The summed E-state index contributed by atoms with van der Waals surface area (Å²) in [5.41, 5.74) is 0.179. The molecule has 1 atom stereocenters. The normalized spacial score (nSPS) is 13.8. The highest BCUT2D eigenvalue weighted by atomic mass is 16.5. The van der Waals surface area contributed by atoms with E-state index in [1.807, 2.05) is 25.1 Å². The first-order valence-electron chi connectivity index (χ1n) is 7.24. The molecule has 1 aromatic carbocycles. The first-order chi connectivity index (χ1) is 10.0. The van der Waals surface area contributed by atoms with Gasteiger partial charge in [0.1, 0.15) is 18.1 Å². The molecule has 0 fully saturated rings. The highest BCUT2D eigenvalue weighted by molar-refractivity contribution is 5.40. The Hall–Kier alpha value is -1.30. The van der Waals surface area contributed by atoms with Gasteiger partial charge in [-0.15, -0.1) is 0 Å². The minimum atomic E-state index is -0.819. The molecule has 0 amide bonds. The Morgan fingerprint density at radius 1 is 1.29 bits per heavy atom. The number of ether oxygens (including phenoxy) is 3. The summed E-state index contributed by atoms with van der Waals surface area (Å²) in [6.45, 7) is 6.05. The first kappa shape index (κ1) is 17.8. The van der Waals surface area contributed by atoms with Gasteiger partial charge in [-0.05, 0) is 31.5 Å². The summed E-state index contributed by atoms with van der Waals surface area (Å²) in [5, 5.41) is 13.3. The van der Waals surface area contributed by atoms with Gasteiger partial charge >= 0.3 is 0 Å². The lowest BCUT2D eigenvalue weighted by Gasteiger charge is -2.22. The van der Waals surface area contributed by atoms with Crippen molar-refractivity contribution in [3.8, 4) is 11.5 Å². The maximum absolute atomic E-state index is 10.0. The zero-order chi connectivity index (χ0) is 15.7. The highest BCUT2D eigenvalue weighted by Gasteiger charge is 2.19. The topological polar surface area (TPSA) is 60.0 Å². The summed E-state index contributed by atoms with van der Waals surface area (Å²) in [6, 6.07) is 5.67. The van der Waals surface area contributed by atoms with Gasteiger partial charge < -0.3 is 24.6 Å². The van der Waals surface area contributed by atoms with Crippen molar-refractivity contribution in [2.45, 2.75) is 32.4 Å². The van der Waals surface area contributed by atoms with E-state index in [2.05, 4.69) is 5.32 Å². The lowest BCUT2D eigenvalue weighted by Crippen LogP contribution is -2.31. The number of hydrogen-bond acceptors (Lipinski definition) is 5. The van der Waals surface area contributed by atoms with E-state index in [1.54, 1.807) is 21.1 Å². The molecule has 1 aromatic rings. The van der Waals surface area contributed by atoms with Gasteiger partial charge in [0.05, 0.1) is 19.3 Å². The van der Waals surface area contributed by atoms with Crippen molar-refractivity contribution >= 4 is 0 Å². The average molecular weight is 297 g/mol. The number of aliphatic hydroxyl groups is 1. The molecule has 1 unspecified atom stereocenters. The fourth-order valence-corrected chi connectivity index (χ4v) is 1.69. The Labute approximate surface area is 127 Å². The Morgan fingerprint density at radius 2 is 2.05 bits per heavy atom. The SMILES string of the molecule is CCC(C)(O)COc1ccc(OC)cc1CNCCOC. The van der Waals surface area contributed by atoms with Crippen molar-refractivity contribution in [2.75, 3.05) is 34.0 Å². The van der Waals surface area contributed by atoms with Crippen molar-refractivity contribution in [3.05, 3.63) is 23.8 Å². The van der Waals surface area contributed by atoms with Crippen molar-refractivity contribution in [3.63, 3.8) is 0 Å². The summed E-state index contributed by atoms with van der Waals surface area (Å²) in [7, 11) is 3.31. The van der Waals surface area contributed by atoms with Crippen LogP contribution < -0.4 is 14.8 Å². The van der Waals surface area contributed by atoms with Crippen molar-refractivity contribution < 1.29 is 19.3 Å². The van der Waals surface area contributed by atoms with Crippen molar-refractivity contribution in [1.82, 2.24) is 5.32 Å². The van der Waals surface area contributed by atoms with E-state index in [9.17, 15) is 5.11 Å². The van der Waals surface area contributed by atoms with Gasteiger partial charge in [-0.25, -0.2) is 0 Å². The van der Waals surface area contributed by atoms with Gasteiger partial charge in [0.25, 0.3) is 0 Å². The predicted molar refractivity (Wildman–Crippen MR) is 83.0 cm³/mol. The third-order valence-electron chi connectivity index (χ3n) is 3.37. The second kappa shape index (κ2) is 8.87. The van der Waals surface area contributed by atoms with E-state index >= 15 is 0 Å². The summed E-state index contributed by atoms with van der Waals surface area (Å²) in [4.78, 5) is 0. The molecule has 0 saturated heterocycles. The van der Waals surface area contributed by atoms with E-state index in [4.69, 9.17) is 14.2 Å². The van der Waals surface area contributed by atoms with Gasteiger partial charge in [0.2, 0.25) is 0 Å². The van der Waals surface area contributed by atoms with E-state index in [0.29, 0.717) is 19.6 Å². The minimum Gasteiger partial charge on any atom is -0.497 e. The zero-order valence-electron chi connectivity index (χ0n) is 13.4. The molecule has 0 bridgehead atoms. The maximum Gasteiger partial charge on any atom is 0.124 e. The van der Waals surface area contributed by atoms with Crippen LogP contribution in [0.25, 0.3) is 0 Å². The monoisotopic (exact) mass is 297 g/mol. The molecule has 1 rings (SSSR count). The summed E-state index contributed by atoms with van der Waals surface area (Å²) in [5.74, 6) is 1.54. The molecule has 0 radical (unpaired) electrons. The van der Waals surface area contributed by atoms with Crippen LogP contribution in [0.4, 0.5) is 0 Å². The molecule has 0 spiro atoms. The van der Waals surface area contributed by atoms with Crippen LogP contribution in [-0.2, 0) is 11.3 Å². The molecule has 120 valence electrons. The van der Waals surface area contributed by atoms with E-state index < -0.39 is 5.60 Å². The van der Waals surface area contributed by atoms with Crippen LogP contribution in [0.5, 0.6) is 11.5 Å². The summed E-state index contributed by atoms with van der Waals surface area (Å²) >= 11 is 0. The molecule has 0 aliphatic heterocycles. The highest BCUT2D eigenvalue weighted by Crippen LogP contribution is 2.25. The predicted octanol–water partition coefficient (Wildman–Crippen LogP) is 1.97. The molecule has 0 aliphatic rings. The van der Waals surface area contributed by atoms with Gasteiger partial charge in [0, 0.05) is 25.8 Å². The average Bonchev–Trinajstić information content (AvgIpc) is 2.50. The Balaban J connectivity index is 2.71. The number of methoxy groups -OCH3 is 2. The van der Waals surface area contributed by atoms with Crippen LogP contribution in [0.15, 0.2) is 18.2 Å². The Kier molecular flexibility index (Phi) is 7.50. The molecular formula is C16H27NO4. The van der Waals surface area contributed by atoms with Gasteiger partial charge in [-0.1, -0.05) is 6.92 Å². The van der Waals surface area contributed by atoms with Crippen LogP contribution in [0.1, 0.15) is 25.8 Å². The third kappa shape index (κ3) is 6.33. The van der Waals surface area contributed by atoms with Crippen LogP contribution >= 0.6 is 0 Å².